The number of ether oxygens (including phenoxy) is 1. The molecule has 1 atom stereocenters. The van der Waals surface area contributed by atoms with Crippen molar-refractivity contribution in [1.82, 2.24) is 30.5 Å². The Kier molecular flexibility index (Phi) is 12.1. The number of aromatic nitrogens is 3. The third-order valence-electron chi connectivity index (χ3n) is 12.6. The number of hydrogen-bond donors (Lipinski definition) is 4. The van der Waals surface area contributed by atoms with Crippen molar-refractivity contribution in [3.8, 4) is 11.3 Å². The number of anilines is 3. The van der Waals surface area contributed by atoms with Crippen LogP contribution < -0.4 is 26.2 Å². The summed E-state index contributed by atoms with van der Waals surface area (Å²) in [5, 5.41) is 12.1. The molecule has 4 amide bonds. The summed E-state index contributed by atoms with van der Waals surface area (Å²) in [5.41, 5.74) is 1.84. The van der Waals surface area contributed by atoms with Crippen LogP contribution in [0.2, 0.25) is 0 Å². The van der Waals surface area contributed by atoms with E-state index in [-0.39, 0.29) is 59.6 Å². The maximum absolute atomic E-state index is 15.3. The summed E-state index contributed by atoms with van der Waals surface area (Å²) in [7, 11) is 0. The first kappa shape index (κ1) is 39.6. The molecule has 8 rings (SSSR count). The molecule has 3 saturated heterocycles. The van der Waals surface area contributed by atoms with Crippen LogP contribution in [0.15, 0.2) is 42.7 Å². The van der Waals surface area contributed by atoms with Crippen molar-refractivity contribution < 1.29 is 32.7 Å². The van der Waals surface area contributed by atoms with E-state index in [4.69, 9.17) is 4.74 Å². The highest BCUT2D eigenvalue weighted by molar-refractivity contribution is 6.01. The molecule has 3 aliphatic heterocycles. The number of likely N-dealkylation sites (tertiary alicyclic amines) is 1. The predicted octanol–water partition coefficient (Wildman–Crippen LogP) is 5.66. The van der Waals surface area contributed by atoms with Gasteiger partial charge in [0.15, 0.2) is 5.82 Å². The van der Waals surface area contributed by atoms with Crippen LogP contribution >= 0.6 is 0 Å². The van der Waals surface area contributed by atoms with Gasteiger partial charge in [0.25, 0.3) is 0 Å². The molecule has 14 nitrogen and oxygen atoms in total. The highest BCUT2D eigenvalue weighted by atomic mass is 19.1. The Labute approximate surface area is 336 Å². The summed E-state index contributed by atoms with van der Waals surface area (Å²) >= 11 is 0. The van der Waals surface area contributed by atoms with Crippen LogP contribution in [0.4, 0.5) is 31.0 Å². The second-order valence-corrected chi connectivity index (χ2v) is 16.3. The van der Waals surface area contributed by atoms with Gasteiger partial charge in [-0.3, -0.25) is 24.6 Å². The highest BCUT2D eigenvalue weighted by Crippen LogP contribution is 2.36. The summed E-state index contributed by atoms with van der Waals surface area (Å²) in [5.74, 6) is -0.539. The van der Waals surface area contributed by atoms with Gasteiger partial charge in [-0.25, -0.2) is 28.5 Å². The van der Waals surface area contributed by atoms with Crippen LogP contribution in [0.5, 0.6) is 0 Å². The van der Waals surface area contributed by atoms with Crippen molar-refractivity contribution in [3.05, 3.63) is 59.9 Å². The molecule has 0 bridgehead atoms. The van der Waals surface area contributed by atoms with Gasteiger partial charge in [0, 0.05) is 54.5 Å². The molecular weight excluding hydrogens is 749 g/mol. The van der Waals surface area contributed by atoms with E-state index in [2.05, 4.69) is 41.1 Å². The molecule has 5 aliphatic rings. The number of amides is 4. The lowest BCUT2D eigenvalue weighted by atomic mass is 9.82. The molecule has 5 heterocycles. The van der Waals surface area contributed by atoms with Crippen molar-refractivity contribution in [2.24, 2.45) is 5.92 Å². The van der Waals surface area contributed by atoms with Crippen LogP contribution in [-0.4, -0.2) is 94.1 Å². The number of halogens is 2. The number of hydrogen-bond acceptors (Lipinski definition) is 11. The molecular formula is C42H51F2N9O5. The average Bonchev–Trinajstić information content (AvgIpc) is 3.24. The lowest BCUT2D eigenvalue weighted by Crippen LogP contribution is -2.47. The lowest BCUT2D eigenvalue weighted by molar-refractivity contribution is -0.133. The van der Waals surface area contributed by atoms with E-state index in [1.165, 1.54) is 17.2 Å². The van der Waals surface area contributed by atoms with Gasteiger partial charge in [-0.05, 0) is 126 Å². The second-order valence-electron chi connectivity index (χ2n) is 16.3. The topological polar surface area (TPSA) is 171 Å². The fraction of sp³-hybridized carbons (Fsp3) is 0.548. The van der Waals surface area contributed by atoms with E-state index in [1.807, 2.05) is 12.1 Å². The zero-order valence-electron chi connectivity index (χ0n) is 32.6. The molecule has 16 heteroatoms. The molecule has 2 aromatic heterocycles. The minimum absolute atomic E-state index is 0.00586. The quantitative estimate of drug-likeness (QED) is 0.187. The number of nitrogens with zero attached hydrogens (tertiary/aromatic N) is 5. The zero-order valence-corrected chi connectivity index (χ0v) is 32.6. The van der Waals surface area contributed by atoms with E-state index < -0.39 is 18.0 Å². The van der Waals surface area contributed by atoms with Gasteiger partial charge >= 0.3 is 6.09 Å². The number of imide groups is 1. The Morgan fingerprint density at radius 2 is 1.60 bits per heavy atom. The van der Waals surface area contributed by atoms with E-state index in [0.29, 0.717) is 60.6 Å². The minimum atomic E-state index is -0.576. The smallest absolute Gasteiger partial charge is 0.415 e. The standard InChI is InChI=1S/C42H51F2N9O5/c43-33-23-30(47-35-12-13-37(54)50-40(35)56)8-11-32(33)25-15-19-52(20-16-25)31-9-2-26(3-10-31)39(55)48-28-4-6-29(7-5-28)49-41-46-24-34(44)38(51-41)27-14-17-45-36(22-27)53-18-1-21-58-42(53)57/h8,11,14,17,22-26,28-29,31,35,47H,1-7,9-10,12-13,15-16,18-21H2,(H,48,55)(H,46,49,51)(H,50,54,56)/t26-,28?,29?,31-,35?. The van der Waals surface area contributed by atoms with E-state index in [9.17, 15) is 23.6 Å². The largest absolute Gasteiger partial charge is 0.449 e. The molecule has 0 radical (unpaired) electrons. The fourth-order valence-electron chi connectivity index (χ4n) is 9.25. The van der Waals surface area contributed by atoms with Crippen LogP contribution in [0, 0.1) is 17.6 Å². The van der Waals surface area contributed by atoms with Crippen LogP contribution in [0.25, 0.3) is 11.3 Å². The summed E-state index contributed by atoms with van der Waals surface area (Å²) in [6.07, 6.45) is 12.2. The first-order valence-electron chi connectivity index (χ1n) is 20.8. The summed E-state index contributed by atoms with van der Waals surface area (Å²) in [4.78, 5) is 66.0. The van der Waals surface area contributed by atoms with Crippen LogP contribution in [-0.2, 0) is 19.1 Å². The number of cyclic esters (lactones) is 1. The first-order valence-corrected chi connectivity index (χ1v) is 20.8. The molecule has 308 valence electrons. The molecule has 2 saturated carbocycles. The molecule has 0 spiro atoms. The van der Waals surface area contributed by atoms with Crippen molar-refractivity contribution in [1.29, 1.82) is 0 Å². The molecule has 1 unspecified atom stereocenters. The minimum Gasteiger partial charge on any atom is -0.449 e. The monoisotopic (exact) mass is 799 g/mol. The SMILES string of the molecule is O=C1CCC(Nc2ccc(C3CCN([C@H]4CC[C@H](C(=O)NC5CCC(Nc6ncc(F)c(-c7ccnc(N8CCCOC8=O)c7)n6)CC5)CC4)CC3)c(F)c2)C(=O)N1. The van der Waals surface area contributed by atoms with Gasteiger partial charge in [0.1, 0.15) is 23.4 Å². The number of pyridine rings is 1. The summed E-state index contributed by atoms with van der Waals surface area (Å²) < 4.78 is 35.3. The summed E-state index contributed by atoms with van der Waals surface area (Å²) in [6, 6.07) is 8.44. The van der Waals surface area contributed by atoms with Crippen molar-refractivity contribution in [2.75, 3.05) is 41.8 Å². The maximum atomic E-state index is 15.3. The molecule has 4 N–H and O–H groups in total. The predicted molar refractivity (Wildman–Crippen MR) is 212 cm³/mol. The molecule has 1 aromatic carbocycles. The maximum Gasteiger partial charge on any atom is 0.415 e. The first-order chi connectivity index (χ1) is 28.2. The number of piperidine rings is 2. The van der Waals surface area contributed by atoms with Gasteiger partial charge < -0.3 is 25.6 Å². The zero-order chi connectivity index (χ0) is 40.2. The van der Waals surface area contributed by atoms with E-state index >= 15 is 4.39 Å². The Bertz CT molecular complexity index is 2000. The Balaban J connectivity index is 0.754. The molecule has 3 aromatic rings. The molecule has 2 aliphatic carbocycles. The second kappa shape index (κ2) is 17.7. The number of nitrogens with one attached hydrogen (secondary N) is 4. The Morgan fingerprint density at radius 3 is 2.34 bits per heavy atom. The number of benzene rings is 1. The van der Waals surface area contributed by atoms with Gasteiger partial charge in [0.05, 0.1) is 12.8 Å². The Morgan fingerprint density at radius 1 is 0.828 bits per heavy atom. The molecule has 58 heavy (non-hydrogen) atoms. The Hall–Kier alpha value is -5.25. The average molecular weight is 800 g/mol. The van der Waals surface area contributed by atoms with Crippen molar-refractivity contribution in [2.45, 2.75) is 114 Å². The highest BCUT2D eigenvalue weighted by Gasteiger charge is 2.34. The van der Waals surface area contributed by atoms with E-state index in [1.54, 1.807) is 12.1 Å². The number of carbonyl (C=O) groups excluding carboxylic acids is 4. The number of carbonyl (C=O) groups is 4. The normalized spacial score (nSPS) is 26.1. The van der Waals surface area contributed by atoms with Gasteiger partial charge in [-0.2, -0.15) is 0 Å². The van der Waals surface area contributed by atoms with Gasteiger partial charge in [0.2, 0.25) is 23.7 Å². The van der Waals surface area contributed by atoms with E-state index in [0.717, 1.165) is 83.5 Å². The lowest BCUT2D eigenvalue weighted by Gasteiger charge is -2.41. The third kappa shape index (κ3) is 9.22. The summed E-state index contributed by atoms with van der Waals surface area (Å²) in [6.45, 7) is 2.62. The molecule has 5 fully saturated rings. The van der Waals surface area contributed by atoms with Gasteiger partial charge in [-0.15, -0.1) is 0 Å². The fourth-order valence-corrected chi connectivity index (χ4v) is 9.25. The third-order valence-corrected chi connectivity index (χ3v) is 12.6. The van der Waals surface area contributed by atoms with Crippen molar-refractivity contribution >= 4 is 41.3 Å². The van der Waals surface area contributed by atoms with Crippen LogP contribution in [0.3, 0.4) is 0 Å². The number of rotatable bonds is 10. The van der Waals surface area contributed by atoms with Crippen molar-refractivity contribution in [3.63, 3.8) is 0 Å². The van der Waals surface area contributed by atoms with Crippen LogP contribution in [0.1, 0.15) is 95.0 Å². The van der Waals surface area contributed by atoms with Gasteiger partial charge in [-0.1, -0.05) is 6.07 Å².